The predicted molar refractivity (Wildman–Crippen MR) is 78.6 cm³/mol. The number of nitrogens with one attached hydrogen (secondary N) is 2. The molecule has 0 radical (unpaired) electrons. The Kier molecular flexibility index (Phi) is 6.44. The zero-order valence-corrected chi connectivity index (χ0v) is 12.2. The smallest absolute Gasteiger partial charge is 0.191 e. The quantitative estimate of drug-likeness (QED) is 0.572. The van der Waals surface area contributed by atoms with E-state index in [0.29, 0.717) is 6.04 Å². The zero-order valence-electron chi connectivity index (χ0n) is 12.2. The third-order valence-corrected chi connectivity index (χ3v) is 3.83. The summed E-state index contributed by atoms with van der Waals surface area (Å²) < 4.78 is 5.35. The van der Waals surface area contributed by atoms with Crippen LogP contribution in [0.4, 0.5) is 0 Å². The second kappa shape index (κ2) is 8.38. The van der Waals surface area contributed by atoms with Crippen molar-refractivity contribution in [2.75, 3.05) is 45.9 Å². The minimum absolute atomic E-state index is 0.626. The third-order valence-electron chi connectivity index (χ3n) is 3.83. The Morgan fingerprint density at radius 2 is 2.00 bits per heavy atom. The van der Waals surface area contributed by atoms with Crippen LogP contribution in [0.25, 0.3) is 0 Å². The Morgan fingerprint density at radius 1 is 1.26 bits per heavy atom. The fraction of sp³-hybridized carbons (Fsp3) is 0.929. The molecule has 0 aromatic carbocycles. The topological polar surface area (TPSA) is 48.9 Å². The first-order chi connectivity index (χ1) is 9.38. The molecular weight excluding hydrogens is 240 g/mol. The van der Waals surface area contributed by atoms with Crippen molar-refractivity contribution in [2.45, 2.75) is 38.6 Å². The van der Waals surface area contributed by atoms with E-state index in [1.807, 2.05) is 0 Å². The average Bonchev–Trinajstić information content (AvgIpc) is 2.93. The van der Waals surface area contributed by atoms with Crippen molar-refractivity contribution < 1.29 is 4.74 Å². The number of ether oxygens (including phenoxy) is 1. The van der Waals surface area contributed by atoms with E-state index < -0.39 is 0 Å². The molecule has 1 saturated carbocycles. The fourth-order valence-corrected chi connectivity index (χ4v) is 2.71. The molecule has 5 nitrogen and oxygen atoms in total. The highest BCUT2D eigenvalue weighted by molar-refractivity contribution is 5.80. The minimum atomic E-state index is 0.626. The van der Waals surface area contributed by atoms with Crippen LogP contribution in [0.5, 0.6) is 0 Å². The molecule has 2 N–H and O–H groups in total. The van der Waals surface area contributed by atoms with Gasteiger partial charge in [-0.15, -0.1) is 0 Å². The first kappa shape index (κ1) is 14.6. The molecule has 1 saturated heterocycles. The summed E-state index contributed by atoms with van der Waals surface area (Å²) in [6.45, 7) is 8.76. The molecule has 1 aliphatic heterocycles. The summed E-state index contributed by atoms with van der Waals surface area (Å²) in [7, 11) is 0. The third kappa shape index (κ3) is 5.37. The van der Waals surface area contributed by atoms with Gasteiger partial charge in [-0.2, -0.15) is 0 Å². The molecular formula is C14H28N4O. The van der Waals surface area contributed by atoms with Crippen LogP contribution in [0.15, 0.2) is 4.99 Å². The predicted octanol–water partition coefficient (Wildman–Crippen LogP) is 0.816. The van der Waals surface area contributed by atoms with E-state index >= 15 is 0 Å². The van der Waals surface area contributed by atoms with Gasteiger partial charge in [0, 0.05) is 32.2 Å². The van der Waals surface area contributed by atoms with E-state index in [9.17, 15) is 0 Å². The molecule has 1 heterocycles. The number of guanidine groups is 1. The van der Waals surface area contributed by atoms with E-state index in [0.717, 1.165) is 51.9 Å². The number of morpholine rings is 1. The Labute approximate surface area is 116 Å². The standard InChI is InChI=1S/C14H28N4O/c1-2-15-14(17-13-5-3-4-6-13)16-7-8-18-9-11-19-12-10-18/h13H,2-12H2,1H3,(H2,15,16,17). The summed E-state index contributed by atoms with van der Waals surface area (Å²) >= 11 is 0. The summed E-state index contributed by atoms with van der Waals surface area (Å²) in [5, 5.41) is 6.89. The van der Waals surface area contributed by atoms with Crippen LogP contribution >= 0.6 is 0 Å². The SMILES string of the molecule is CCNC(=NCCN1CCOCC1)NC1CCCC1. The lowest BCUT2D eigenvalue weighted by molar-refractivity contribution is 0.0394. The van der Waals surface area contributed by atoms with Crippen LogP contribution in [0.1, 0.15) is 32.6 Å². The maximum atomic E-state index is 5.35. The van der Waals surface area contributed by atoms with E-state index in [1.165, 1.54) is 25.7 Å². The van der Waals surface area contributed by atoms with Gasteiger partial charge < -0.3 is 15.4 Å². The van der Waals surface area contributed by atoms with Crippen molar-refractivity contribution >= 4 is 5.96 Å². The van der Waals surface area contributed by atoms with Crippen LogP contribution in [-0.2, 0) is 4.74 Å². The average molecular weight is 268 g/mol. The van der Waals surface area contributed by atoms with E-state index in [4.69, 9.17) is 4.74 Å². The molecule has 2 fully saturated rings. The fourth-order valence-electron chi connectivity index (χ4n) is 2.71. The summed E-state index contributed by atoms with van der Waals surface area (Å²) in [6.07, 6.45) is 5.28. The molecule has 2 rings (SSSR count). The van der Waals surface area contributed by atoms with E-state index in [-0.39, 0.29) is 0 Å². The number of nitrogens with zero attached hydrogens (tertiary/aromatic N) is 2. The van der Waals surface area contributed by atoms with Crippen molar-refractivity contribution in [3.8, 4) is 0 Å². The zero-order chi connectivity index (χ0) is 13.3. The van der Waals surface area contributed by atoms with Gasteiger partial charge in [-0.1, -0.05) is 12.8 Å². The van der Waals surface area contributed by atoms with Crippen LogP contribution in [-0.4, -0.2) is 62.8 Å². The van der Waals surface area contributed by atoms with Gasteiger partial charge in [-0.05, 0) is 19.8 Å². The molecule has 0 bridgehead atoms. The molecule has 0 spiro atoms. The maximum Gasteiger partial charge on any atom is 0.191 e. The van der Waals surface area contributed by atoms with Crippen molar-refractivity contribution in [3.05, 3.63) is 0 Å². The molecule has 0 unspecified atom stereocenters. The summed E-state index contributed by atoms with van der Waals surface area (Å²) in [4.78, 5) is 7.11. The second-order valence-electron chi connectivity index (χ2n) is 5.34. The Balaban J connectivity index is 1.71. The van der Waals surface area contributed by atoms with Gasteiger partial charge in [0.2, 0.25) is 0 Å². The van der Waals surface area contributed by atoms with Gasteiger partial charge in [0.05, 0.1) is 19.8 Å². The van der Waals surface area contributed by atoms with Gasteiger partial charge in [0.25, 0.3) is 0 Å². The molecule has 110 valence electrons. The van der Waals surface area contributed by atoms with E-state index in [1.54, 1.807) is 0 Å². The van der Waals surface area contributed by atoms with Crippen molar-refractivity contribution in [1.82, 2.24) is 15.5 Å². The van der Waals surface area contributed by atoms with Crippen LogP contribution in [0.2, 0.25) is 0 Å². The van der Waals surface area contributed by atoms with Gasteiger partial charge in [0.1, 0.15) is 0 Å². The van der Waals surface area contributed by atoms with Gasteiger partial charge in [0.15, 0.2) is 5.96 Å². The lowest BCUT2D eigenvalue weighted by Gasteiger charge is -2.26. The summed E-state index contributed by atoms with van der Waals surface area (Å²) in [5.41, 5.74) is 0. The molecule has 0 aromatic rings. The molecule has 19 heavy (non-hydrogen) atoms. The maximum absolute atomic E-state index is 5.35. The molecule has 0 amide bonds. The largest absolute Gasteiger partial charge is 0.379 e. The first-order valence-corrected chi connectivity index (χ1v) is 7.73. The number of aliphatic imine (C=N–C) groups is 1. The van der Waals surface area contributed by atoms with Crippen molar-refractivity contribution in [3.63, 3.8) is 0 Å². The summed E-state index contributed by atoms with van der Waals surface area (Å²) in [5.74, 6) is 0.989. The molecule has 0 aromatic heterocycles. The van der Waals surface area contributed by atoms with Gasteiger partial charge in [-0.3, -0.25) is 9.89 Å². The number of hydrogen-bond acceptors (Lipinski definition) is 3. The highest BCUT2D eigenvalue weighted by Crippen LogP contribution is 2.17. The van der Waals surface area contributed by atoms with Crippen LogP contribution < -0.4 is 10.6 Å². The molecule has 5 heteroatoms. The van der Waals surface area contributed by atoms with Crippen molar-refractivity contribution in [2.24, 2.45) is 4.99 Å². The molecule has 2 aliphatic rings. The normalized spacial score (nSPS) is 22.7. The number of rotatable bonds is 5. The van der Waals surface area contributed by atoms with Gasteiger partial charge in [-0.25, -0.2) is 0 Å². The summed E-state index contributed by atoms with van der Waals surface area (Å²) in [6, 6.07) is 0.626. The minimum Gasteiger partial charge on any atom is -0.379 e. The lowest BCUT2D eigenvalue weighted by atomic mass is 10.2. The number of hydrogen-bond donors (Lipinski definition) is 2. The molecule has 0 atom stereocenters. The Morgan fingerprint density at radius 3 is 2.68 bits per heavy atom. The first-order valence-electron chi connectivity index (χ1n) is 7.73. The van der Waals surface area contributed by atoms with Gasteiger partial charge >= 0.3 is 0 Å². The van der Waals surface area contributed by atoms with Crippen molar-refractivity contribution in [1.29, 1.82) is 0 Å². The molecule has 1 aliphatic carbocycles. The lowest BCUT2D eigenvalue weighted by Crippen LogP contribution is -2.43. The Bertz CT molecular complexity index is 271. The van der Waals surface area contributed by atoms with E-state index in [2.05, 4.69) is 27.4 Å². The highest BCUT2D eigenvalue weighted by atomic mass is 16.5. The highest BCUT2D eigenvalue weighted by Gasteiger charge is 2.16. The van der Waals surface area contributed by atoms with Crippen LogP contribution in [0.3, 0.4) is 0 Å². The van der Waals surface area contributed by atoms with Crippen LogP contribution in [0, 0.1) is 0 Å². The monoisotopic (exact) mass is 268 g/mol. The Hall–Kier alpha value is -0.810. The second-order valence-corrected chi connectivity index (χ2v) is 5.34.